The Morgan fingerprint density at radius 3 is 2.89 bits per heavy atom. The lowest BCUT2D eigenvalue weighted by Gasteiger charge is -2.40. The van der Waals surface area contributed by atoms with Crippen LogP contribution in [0.3, 0.4) is 0 Å². The van der Waals surface area contributed by atoms with Crippen molar-refractivity contribution in [3.8, 4) is 0 Å². The summed E-state index contributed by atoms with van der Waals surface area (Å²) in [5.74, 6) is 1.18. The molecule has 1 saturated heterocycles. The first kappa shape index (κ1) is 15.0. The van der Waals surface area contributed by atoms with E-state index < -0.39 is 0 Å². The highest BCUT2D eigenvalue weighted by molar-refractivity contribution is 8.00. The molecule has 1 fully saturated rings. The van der Waals surface area contributed by atoms with Crippen LogP contribution in [0, 0.1) is 0 Å². The lowest BCUT2D eigenvalue weighted by Crippen LogP contribution is -2.43. The number of rotatable bonds is 4. The van der Waals surface area contributed by atoms with Crippen molar-refractivity contribution in [2.45, 2.75) is 32.1 Å². The van der Waals surface area contributed by atoms with Crippen LogP contribution in [0.25, 0.3) is 0 Å². The first-order valence-electron chi connectivity index (χ1n) is 6.90. The molecule has 0 spiro atoms. The predicted octanol–water partition coefficient (Wildman–Crippen LogP) is 3.78. The Kier molecular flexibility index (Phi) is 5.04. The molecule has 0 saturated carbocycles. The van der Waals surface area contributed by atoms with Gasteiger partial charge in [-0.2, -0.15) is 11.8 Å². The minimum absolute atomic E-state index is 0.315. The van der Waals surface area contributed by atoms with E-state index in [1.54, 1.807) is 0 Å². The van der Waals surface area contributed by atoms with Crippen molar-refractivity contribution in [3.05, 3.63) is 28.8 Å². The third-order valence-electron chi connectivity index (χ3n) is 3.41. The molecule has 1 aromatic rings. The normalized spacial score (nSPS) is 18.6. The Hall–Kier alpha value is -0.380. The highest BCUT2D eigenvalue weighted by Crippen LogP contribution is 2.35. The molecule has 4 heteroatoms. The highest BCUT2D eigenvalue weighted by Gasteiger charge is 2.28. The number of benzene rings is 1. The fourth-order valence-electron chi connectivity index (χ4n) is 2.49. The second-order valence-corrected chi connectivity index (χ2v) is 7.76. The quantitative estimate of drug-likeness (QED) is 0.911. The first-order chi connectivity index (χ1) is 9.03. The fraction of sp³-hybridized carbons (Fsp3) is 0.600. The molecule has 2 rings (SSSR count). The van der Waals surface area contributed by atoms with Crippen LogP contribution in [0.2, 0.25) is 5.02 Å². The van der Waals surface area contributed by atoms with Crippen LogP contribution in [0.5, 0.6) is 0 Å². The maximum Gasteiger partial charge on any atom is 0.0471 e. The topological polar surface area (TPSA) is 15.3 Å². The van der Waals surface area contributed by atoms with E-state index in [1.807, 2.05) is 6.07 Å². The van der Waals surface area contributed by atoms with Gasteiger partial charge in [-0.3, -0.25) is 0 Å². The molecule has 0 aromatic heterocycles. The molecule has 19 heavy (non-hydrogen) atoms. The number of anilines is 1. The van der Waals surface area contributed by atoms with Gasteiger partial charge in [-0.05, 0) is 32.5 Å². The summed E-state index contributed by atoms with van der Waals surface area (Å²) in [5, 5.41) is 4.26. The van der Waals surface area contributed by atoms with Gasteiger partial charge >= 0.3 is 0 Å². The average Bonchev–Trinajstić information content (AvgIpc) is 2.36. The van der Waals surface area contributed by atoms with Gasteiger partial charge in [0.1, 0.15) is 0 Å². The number of thioether (sulfide) groups is 1. The maximum atomic E-state index is 6.38. The summed E-state index contributed by atoms with van der Waals surface area (Å²) in [5.41, 5.74) is 2.52. The van der Waals surface area contributed by atoms with E-state index in [0.29, 0.717) is 4.75 Å². The molecule has 2 nitrogen and oxygen atoms in total. The van der Waals surface area contributed by atoms with Crippen LogP contribution in [0.1, 0.15) is 26.3 Å². The third-order valence-corrected chi connectivity index (χ3v) is 5.06. The maximum absolute atomic E-state index is 6.38. The van der Waals surface area contributed by atoms with Crippen molar-refractivity contribution >= 4 is 29.1 Å². The van der Waals surface area contributed by atoms with Gasteiger partial charge in [0.15, 0.2) is 0 Å². The minimum Gasteiger partial charge on any atom is -0.369 e. The van der Waals surface area contributed by atoms with Gasteiger partial charge < -0.3 is 10.2 Å². The molecule has 0 aliphatic carbocycles. The Balaban J connectivity index is 2.25. The largest absolute Gasteiger partial charge is 0.369 e. The van der Waals surface area contributed by atoms with Crippen LogP contribution >= 0.6 is 23.4 Å². The molecule has 1 N–H and O–H groups in total. The lowest BCUT2D eigenvalue weighted by molar-refractivity contribution is 0.642. The lowest BCUT2D eigenvalue weighted by atomic mass is 10.1. The summed E-state index contributed by atoms with van der Waals surface area (Å²) < 4.78 is 0.315. The molecule has 0 amide bonds. The van der Waals surface area contributed by atoms with Gasteiger partial charge in [-0.25, -0.2) is 0 Å². The SMILES string of the molecule is CCNCc1c(Cl)cccc1N1CCSC(C)(C)C1. The molecule has 0 atom stereocenters. The zero-order valence-electron chi connectivity index (χ0n) is 12.0. The minimum atomic E-state index is 0.315. The van der Waals surface area contributed by atoms with E-state index in [1.165, 1.54) is 17.0 Å². The molecule has 0 radical (unpaired) electrons. The van der Waals surface area contributed by atoms with E-state index in [-0.39, 0.29) is 0 Å². The monoisotopic (exact) mass is 298 g/mol. The second-order valence-electron chi connectivity index (χ2n) is 5.55. The zero-order valence-corrected chi connectivity index (χ0v) is 13.6. The number of hydrogen-bond acceptors (Lipinski definition) is 3. The Morgan fingerprint density at radius 2 is 2.21 bits per heavy atom. The Labute approximate surface area is 125 Å². The Morgan fingerprint density at radius 1 is 1.42 bits per heavy atom. The Bertz CT molecular complexity index is 434. The summed E-state index contributed by atoms with van der Waals surface area (Å²) in [4.78, 5) is 2.48. The molecule has 1 heterocycles. The van der Waals surface area contributed by atoms with Crippen molar-refractivity contribution in [1.29, 1.82) is 0 Å². The second kappa shape index (κ2) is 6.38. The van der Waals surface area contributed by atoms with Gasteiger partial charge in [-0.1, -0.05) is 24.6 Å². The van der Waals surface area contributed by atoms with E-state index >= 15 is 0 Å². The molecule has 1 aliphatic heterocycles. The number of nitrogens with zero attached hydrogens (tertiary/aromatic N) is 1. The van der Waals surface area contributed by atoms with Crippen LogP contribution in [0.15, 0.2) is 18.2 Å². The van der Waals surface area contributed by atoms with Crippen LogP contribution in [-0.2, 0) is 6.54 Å². The predicted molar refractivity (Wildman–Crippen MR) is 87.6 cm³/mol. The fourth-order valence-corrected chi connectivity index (χ4v) is 3.84. The molecule has 1 aliphatic rings. The van der Waals surface area contributed by atoms with Gasteiger partial charge in [0.25, 0.3) is 0 Å². The standard InChI is InChI=1S/C15H23ClN2S/c1-4-17-10-12-13(16)6-5-7-14(12)18-8-9-19-15(2,3)11-18/h5-7,17H,4,8-11H2,1-3H3. The third kappa shape index (κ3) is 3.80. The number of nitrogens with one attached hydrogen (secondary N) is 1. The van der Waals surface area contributed by atoms with E-state index in [0.717, 1.165) is 31.2 Å². The molecule has 0 unspecified atom stereocenters. The number of hydrogen-bond donors (Lipinski definition) is 1. The van der Waals surface area contributed by atoms with Crippen molar-refractivity contribution in [2.75, 3.05) is 30.3 Å². The van der Waals surface area contributed by atoms with Crippen molar-refractivity contribution in [3.63, 3.8) is 0 Å². The van der Waals surface area contributed by atoms with Crippen molar-refractivity contribution in [2.24, 2.45) is 0 Å². The summed E-state index contributed by atoms with van der Waals surface area (Å²) in [6.45, 7) is 10.8. The van der Waals surface area contributed by atoms with Crippen LogP contribution < -0.4 is 10.2 Å². The molecule has 1 aromatic carbocycles. The van der Waals surface area contributed by atoms with Crippen molar-refractivity contribution < 1.29 is 0 Å². The molecular weight excluding hydrogens is 276 g/mol. The van der Waals surface area contributed by atoms with Crippen LogP contribution in [0.4, 0.5) is 5.69 Å². The average molecular weight is 299 g/mol. The highest BCUT2D eigenvalue weighted by atomic mass is 35.5. The van der Waals surface area contributed by atoms with Gasteiger partial charge in [0.05, 0.1) is 0 Å². The van der Waals surface area contributed by atoms with Crippen molar-refractivity contribution in [1.82, 2.24) is 5.32 Å². The first-order valence-corrected chi connectivity index (χ1v) is 8.27. The molecule has 0 bridgehead atoms. The van der Waals surface area contributed by atoms with E-state index in [9.17, 15) is 0 Å². The van der Waals surface area contributed by atoms with E-state index in [2.05, 4.69) is 54.9 Å². The van der Waals surface area contributed by atoms with Crippen LogP contribution in [-0.4, -0.2) is 30.1 Å². The summed E-state index contributed by atoms with van der Waals surface area (Å²) in [6, 6.07) is 6.24. The number of halogens is 1. The summed E-state index contributed by atoms with van der Waals surface area (Å²) >= 11 is 8.44. The van der Waals surface area contributed by atoms with Gasteiger partial charge in [-0.15, -0.1) is 0 Å². The van der Waals surface area contributed by atoms with E-state index in [4.69, 9.17) is 11.6 Å². The summed E-state index contributed by atoms with van der Waals surface area (Å²) in [7, 11) is 0. The molecular formula is C15H23ClN2S. The zero-order chi connectivity index (χ0) is 13.9. The van der Waals surface area contributed by atoms with Gasteiger partial charge in [0, 0.05) is 46.4 Å². The van der Waals surface area contributed by atoms with Gasteiger partial charge in [0.2, 0.25) is 0 Å². The summed E-state index contributed by atoms with van der Waals surface area (Å²) in [6.07, 6.45) is 0. The smallest absolute Gasteiger partial charge is 0.0471 e. The molecule has 106 valence electrons.